The number of rotatable bonds is 6. The molecule has 0 saturated carbocycles. The molecule has 0 bridgehead atoms. The zero-order valence-corrected chi connectivity index (χ0v) is 16.7. The van der Waals surface area contributed by atoms with E-state index in [1.165, 1.54) is 17.0 Å². The molecule has 0 spiro atoms. The summed E-state index contributed by atoms with van der Waals surface area (Å²) in [6.07, 6.45) is 2.50. The van der Waals surface area contributed by atoms with Crippen LogP contribution in [0.15, 0.2) is 30.4 Å². The van der Waals surface area contributed by atoms with Crippen LogP contribution in [0, 0.1) is 0 Å². The fourth-order valence-corrected chi connectivity index (χ4v) is 3.98. The van der Waals surface area contributed by atoms with Crippen molar-refractivity contribution in [1.82, 2.24) is 4.90 Å². The van der Waals surface area contributed by atoms with Crippen molar-refractivity contribution in [1.29, 1.82) is 0 Å². The van der Waals surface area contributed by atoms with Gasteiger partial charge in [-0.2, -0.15) is 0 Å². The summed E-state index contributed by atoms with van der Waals surface area (Å²) in [6.45, 7) is 0.604. The van der Waals surface area contributed by atoms with Crippen molar-refractivity contribution < 1.29 is 29.0 Å². The van der Waals surface area contributed by atoms with E-state index in [1.807, 2.05) is 0 Å². The predicted molar refractivity (Wildman–Crippen MR) is 105 cm³/mol. The maximum atomic E-state index is 13.1. The van der Waals surface area contributed by atoms with Gasteiger partial charge in [-0.25, -0.2) is 9.69 Å². The highest BCUT2D eigenvalue weighted by atomic mass is 35.5. The van der Waals surface area contributed by atoms with Crippen molar-refractivity contribution in [3.8, 4) is 0 Å². The third-order valence-electron chi connectivity index (χ3n) is 4.74. The number of ether oxygens (including phenoxy) is 1. The van der Waals surface area contributed by atoms with Gasteiger partial charge < -0.3 is 14.7 Å². The Kier molecular flexibility index (Phi) is 6.56. The van der Waals surface area contributed by atoms with Gasteiger partial charge >= 0.3 is 5.97 Å². The molecule has 2 aliphatic rings. The van der Waals surface area contributed by atoms with Crippen molar-refractivity contribution in [3.63, 3.8) is 0 Å². The number of halogens is 2. The molecule has 2 atom stereocenters. The van der Waals surface area contributed by atoms with Gasteiger partial charge in [0.05, 0.1) is 28.3 Å². The molecule has 8 nitrogen and oxygen atoms in total. The SMILES string of the molecule is O=C(O)/C=C/C(=O)N(C[C@H]1CCCO1)[C@@H]1CC(=O)N(c2c(Cl)cccc2Cl)C1=O. The van der Waals surface area contributed by atoms with Crippen molar-refractivity contribution >= 4 is 52.6 Å². The third-order valence-corrected chi connectivity index (χ3v) is 5.35. The Morgan fingerprint density at radius 3 is 2.52 bits per heavy atom. The lowest BCUT2D eigenvalue weighted by atomic mass is 10.1. The molecule has 3 rings (SSSR count). The molecule has 2 aliphatic heterocycles. The van der Waals surface area contributed by atoms with Crippen LogP contribution in [0.2, 0.25) is 10.0 Å². The third kappa shape index (κ3) is 4.60. The number of aliphatic carboxylic acids is 1. The molecular formula is C19H18Cl2N2O6. The van der Waals surface area contributed by atoms with Gasteiger partial charge in [0.1, 0.15) is 6.04 Å². The number of imide groups is 1. The number of benzene rings is 1. The van der Waals surface area contributed by atoms with E-state index >= 15 is 0 Å². The smallest absolute Gasteiger partial charge is 0.328 e. The number of hydrogen-bond acceptors (Lipinski definition) is 5. The predicted octanol–water partition coefficient (Wildman–Crippen LogP) is 2.27. The summed E-state index contributed by atoms with van der Waals surface area (Å²) in [5.74, 6) is -3.20. The Balaban J connectivity index is 1.91. The quantitative estimate of drug-likeness (QED) is 0.537. The topological polar surface area (TPSA) is 104 Å². The number of carboxylic acids is 1. The van der Waals surface area contributed by atoms with Gasteiger partial charge in [-0.15, -0.1) is 0 Å². The molecule has 1 aromatic rings. The largest absolute Gasteiger partial charge is 0.478 e. The molecule has 1 N–H and O–H groups in total. The van der Waals surface area contributed by atoms with Crippen LogP contribution in [0.1, 0.15) is 19.3 Å². The van der Waals surface area contributed by atoms with Crippen molar-refractivity contribution in [2.45, 2.75) is 31.4 Å². The second-order valence-electron chi connectivity index (χ2n) is 6.65. The molecule has 0 radical (unpaired) electrons. The van der Waals surface area contributed by atoms with Gasteiger partial charge in [-0.05, 0) is 25.0 Å². The molecule has 1 aromatic carbocycles. The summed E-state index contributed by atoms with van der Waals surface area (Å²) in [7, 11) is 0. The van der Waals surface area contributed by atoms with Gasteiger partial charge in [0, 0.05) is 25.3 Å². The van der Waals surface area contributed by atoms with Crippen LogP contribution in [-0.4, -0.2) is 59.0 Å². The standard InChI is InChI=1S/C19H18Cl2N2O6/c20-12-4-1-5-13(21)18(12)23-16(25)9-14(19(23)28)22(10-11-3-2-8-29-11)15(24)6-7-17(26)27/h1,4-7,11,14H,2-3,8-10H2,(H,26,27)/b7-6+/t11-,14-/m1/s1. The fraction of sp³-hybridized carbons (Fsp3) is 0.368. The Bertz CT molecular complexity index is 861. The zero-order chi connectivity index (χ0) is 21.1. The average Bonchev–Trinajstić information content (AvgIpc) is 3.27. The first-order valence-electron chi connectivity index (χ1n) is 8.93. The summed E-state index contributed by atoms with van der Waals surface area (Å²) < 4.78 is 5.54. The Hall–Kier alpha value is -2.42. The lowest BCUT2D eigenvalue weighted by Crippen LogP contribution is -2.48. The van der Waals surface area contributed by atoms with Gasteiger partial charge in [-0.1, -0.05) is 29.3 Å². The first-order chi connectivity index (χ1) is 13.8. The van der Waals surface area contributed by atoms with Gasteiger partial charge in [0.15, 0.2) is 0 Å². The Morgan fingerprint density at radius 2 is 1.93 bits per heavy atom. The van der Waals surface area contributed by atoms with E-state index in [0.717, 1.165) is 17.4 Å². The van der Waals surface area contributed by atoms with Crippen molar-refractivity contribution in [2.24, 2.45) is 0 Å². The molecule has 29 heavy (non-hydrogen) atoms. The molecule has 0 aliphatic carbocycles. The summed E-state index contributed by atoms with van der Waals surface area (Å²) in [6, 6.07) is 3.48. The summed E-state index contributed by atoms with van der Waals surface area (Å²) in [5.41, 5.74) is 0.0685. The average molecular weight is 441 g/mol. The minimum absolute atomic E-state index is 0.0660. The number of anilines is 1. The zero-order valence-electron chi connectivity index (χ0n) is 15.2. The molecule has 2 saturated heterocycles. The molecule has 2 heterocycles. The minimum Gasteiger partial charge on any atom is -0.478 e. The normalized spacial score (nSPS) is 21.9. The number of nitrogens with zero attached hydrogens (tertiary/aromatic N) is 2. The maximum Gasteiger partial charge on any atom is 0.328 e. The summed E-state index contributed by atoms with van der Waals surface area (Å²) in [4.78, 5) is 51.2. The second-order valence-corrected chi connectivity index (χ2v) is 7.47. The highest BCUT2D eigenvalue weighted by Gasteiger charge is 2.46. The maximum absolute atomic E-state index is 13.1. The number of carbonyl (C=O) groups is 4. The number of hydrogen-bond donors (Lipinski definition) is 1. The highest BCUT2D eigenvalue weighted by Crippen LogP contribution is 2.37. The van der Waals surface area contributed by atoms with Gasteiger partial charge in [-0.3, -0.25) is 14.4 Å². The molecule has 0 aromatic heterocycles. The van der Waals surface area contributed by atoms with E-state index < -0.39 is 29.7 Å². The molecular weight excluding hydrogens is 423 g/mol. The van der Waals surface area contributed by atoms with Crippen LogP contribution in [0.25, 0.3) is 0 Å². The first kappa shape index (κ1) is 21.3. The lowest BCUT2D eigenvalue weighted by molar-refractivity contribution is -0.136. The second kappa shape index (κ2) is 8.94. The van der Waals surface area contributed by atoms with Crippen LogP contribution in [-0.2, 0) is 23.9 Å². The minimum atomic E-state index is -1.30. The molecule has 2 fully saturated rings. The van der Waals surface area contributed by atoms with E-state index in [0.29, 0.717) is 19.1 Å². The van der Waals surface area contributed by atoms with E-state index in [-0.39, 0.29) is 34.8 Å². The number of carbonyl (C=O) groups excluding carboxylic acids is 3. The number of carboxylic acid groups (broad SMARTS) is 1. The summed E-state index contributed by atoms with van der Waals surface area (Å²) in [5, 5.41) is 9.05. The number of para-hydroxylation sites is 1. The van der Waals surface area contributed by atoms with E-state index in [9.17, 15) is 19.2 Å². The highest BCUT2D eigenvalue weighted by molar-refractivity contribution is 6.42. The van der Waals surface area contributed by atoms with E-state index in [2.05, 4.69) is 0 Å². The van der Waals surface area contributed by atoms with E-state index in [1.54, 1.807) is 6.07 Å². The number of amides is 3. The monoisotopic (exact) mass is 440 g/mol. The van der Waals surface area contributed by atoms with E-state index in [4.69, 9.17) is 33.0 Å². The van der Waals surface area contributed by atoms with Gasteiger partial charge in [0.2, 0.25) is 11.8 Å². The van der Waals surface area contributed by atoms with Crippen molar-refractivity contribution in [3.05, 3.63) is 40.4 Å². The van der Waals surface area contributed by atoms with Crippen molar-refractivity contribution in [2.75, 3.05) is 18.1 Å². The van der Waals surface area contributed by atoms with Crippen LogP contribution >= 0.6 is 23.2 Å². The van der Waals surface area contributed by atoms with Crippen LogP contribution in [0.5, 0.6) is 0 Å². The van der Waals surface area contributed by atoms with Gasteiger partial charge in [0.25, 0.3) is 5.91 Å². The Morgan fingerprint density at radius 1 is 1.24 bits per heavy atom. The first-order valence-corrected chi connectivity index (χ1v) is 9.69. The summed E-state index contributed by atoms with van der Waals surface area (Å²) >= 11 is 12.3. The molecule has 0 unspecified atom stereocenters. The van der Waals surface area contributed by atoms with Crippen LogP contribution < -0.4 is 4.90 Å². The molecule has 154 valence electrons. The van der Waals surface area contributed by atoms with Crippen LogP contribution in [0.4, 0.5) is 5.69 Å². The molecule has 10 heteroatoms. The fourth-order valence-electron chi connectivity index (χ4n) is 3.41. The Labute approximate surface area is 176 Å². The van der Waals surface area contributed by atoms with Crippen LogP contribution in [0.3, 0.4) is 0 Å². The molecule has 3 amide bonds. The lowest BCUT2D eigenvalue weighted by Gasteiger charge is -2.29.